The summed E-state index contributed by atoms with van der Waals surface area (Å²) in [5.41, 5.74) is -3.22. The molecule has 2 atom stereocenters. The standard InChI is InChI=1S/C30H32F5N3O4/c1-37(27(41)42-23-9-7-22(32)8-10-23)29(18-36-17-24(29)19-3-5-21(31)6-4-19)25(39)20-11-15-38(16-12-20)26(40)28(13-2-14-28)30(33,34)35/h3-10,20,24,36H,2,11-18H2,1H3/t24-,29+/m0/s1. The van der Waals surface area contributed by atoms with Gasteiger partial charge in [0.2, 0.25) is 5.91 Å². The summed E-state index contributed by atoms with van der Waals surface area (Å²) in [6, 6.07) is 10.4. The number of ether oxygens (including phenoxy) is 1. The van der Waals surface area contributed by atoms with Crippen LogP contribution in [0.2, 0.25) is 0 Å². The number of piperidine rings is 1. The van der Waals surface area contributed by atoms with Crippen LogP contribution in [0, 0.1) is 23.0 Å². The second-order valence-corrected chi connectivity index (χ2v) is 11.4. The summed E-state index contributed by atoms with van der Waals surface area (Å²) < 4.78 is 74.0. The molecule has 0 bridgehead atoms. The highest BCUT2D eigenvalue weighted by atomic mass is 19.4. The van der Waals surface area contributed by atoms with Crippen molar-refractivity contribution in [1.29, 1.82) is 0 Å². The molecule has 226 valence electrons. The highest BCUT2D eigenvalue weighted by molar-refractivity contribution is 5.96. The van der Waals surface area contributed by atoms with Gasteiger partial charge in [-0.25, -0.2) is 13.6 Å². The second-order valence-electron chi connectivity index (χ2n) is 11.4. The van der Waals surface area contributed by atoms with Crippen LogP contribution in [-0.4, -0.2) is 72.5 Å². The highest BCUT2D eigenvalue weighted by Crippen LogP contribution is 2.54. The number of halogens is 5. The number of carbonyl (C=O) groups excluding carboxylic acids is 3. The number of amides is 2. The summed E-state index contributed by atoms with van der Waals surface area (Å²) in [4.78, 5) is 43.2. The molecule has 2 aromatic rings. The number of Topliss-reactive ketones (excluding diaryl/α,β-unsaturated/α-hetero) is 1. The molecule has 0 unspecified atom stereocenters. The SMILES string of the molecule is CN(C(=O)Oc1ccc(F)cc1)[C@]1(C(=O)C2CCN(C(=O)C3(C(F)(F)F)CCC3)CC2)CNC[C@H]1c1ccc(F)cc1. The third-order valence-corrected chi connectivity index (χ3v) is 9.22. The van der Waals surface area contributed by atoms with Crippen molar-refractivity contribution in [2.75, 3.05) is 33.2 Å². The third-order valence-electron chi connectivity index (χ3n) is 9.22. The van der Waals surface area contributed by atoms with Gasteiger partial charge < -0.3 is 15.0 Å². The van der Waals surface area contributed by atoms with Crippen molar-refractivity contribution in [3.05, 3.63) is 65.7 Å². The van der Waals surface area contributed by atoms with Gasteiger partial charge in [-0.1, -0.05) is 18.6 Å². The van der Waals surface area contributed by atoms with Crippen LogP contribution in [0.4, 0.5) is 26.7 Å². The van der Waals surface area contributed by atoms with E-state index in [-0.39, 0.29) is 63.4 Å². The lowest BCUT2D eigenvalue weighted by molar-refractivity contribution is -0.249. The third kappa shape index (κ3) is 5.14. The molecule has 2 aliphatic heterocycles. The average Bonchev–Trinajstić information content (AvgIpc) is 3.38. The van der Waals surface area contributed by atoms with E-state index in [9.17, 15) is 36.3 Å². The van der Waals surface area contributed by atoms with Crippen LogP contribution in [0.25, 0.3) is 0 Å². The normalized spacial score (nSPS) is 24.1. The molecule has 2 heterocycles. The summed E-state index contributed by atoms with van der Waals surface area (Å²) in [7, 11) is 1.43. The Morgan fingerprint density at radius 1 is 0.952 bits per heavy atom. The molecule has 3 aliphatic rings. The molecule has 1 aliphatic carbocycles. The Hall–Kier alpha value is -3.54. The highest BCUT2D eigenvalue weighted by Gasteiger charge is 2.64. The molecule has 1 saturated carbocycles. The lowest BCUT2D eigenvalue weighted by atomic mass is 9.66. The van der Waals surface area contributed by atoms with Crippen molar-refractivity contribution in [2.24, 2.45) is 11.3 Å². The number of alkyl halides is 3. The number of likely N-dealkylation sites (N-methyl/N-ethyl adjacent to an activating group) is 1. The quantitative estimate of drug-likeness (QED) is 0.474. The fraction of sp³-hybridized carbons (Fsp3) is 0.500. The first-order chi connectivity index (χ1) is 19.9. The predicted molar refractivity (Wildman–Crippen MR) is 142 cm³/mol. The van der Waals surface area contributed by atoms with Gasteiger partial charge in [-0.05, 0) is 67.6 Å². The van der Waals surface area contributed by atoms with Crippen LogP contribution in [-0.2, 0) is 9.59 Å². The number of benzene rings is 2. The fourth-order valence-corrected chi connectivity index (χ4v) is 6.55. The van der Waals surface area contributed by atoms with Gasteiger partial charge in [-0.15, -0.1) is 0 Å². The molecule has 5 rings (SSSR count). The molecule has 0 spiro atoms. The number of hydrogen-bond acceptors (Lipinski definition) is 5. The van der Waals surface area contributed by atoms with Gasteiger partial charge in [-0.2, -0.15) is 13.2 Å². The van der Waals surface area contributed by atoms with E-state index in [0.717, 1.165) is 12.1 Å². The van der Waals surface area contributed by atoms with Crippen LogP contribution >= 0.6 is 0 Å². The first-order valence-corrected chi connectivity index (χ1v) is 14.0. The minimum Gasteiger partial charge on any atom is -0.410 e. The Kier molecular flexibility index (Phi) is 8.04. The van der Waals surface area contributed by atoms with Crippen molar-refractivity contribution in [3.8, 4) is 5.75 Å². The zero-order valence-corrected chi connectivity index (χ0v) is 23.1. The second kappa shape index (κ2) is 11.3. The Bertz CT molecular complexity index is 1320. The van der Waals surface area contributed by atoms with E-state index >= 15 is 0 Å². The molecule has 2 aromatic carbocycles. The number of likely N-dealkylation sites (tertiary alicyclic amines) is 1. The topological polar surface area (TPSA) is 79.0 Å². The maximum Gasteiger partial charge on any atom is 0.415 e. The number of nitrogens with zero attached hydrogens (tertiary/aromatic N) is 2. The average molecular weight is 594 g/mol. The summed E-state index contributed by atoms with van der Waals surface area (Å²) in [6.07, 6.45) is -5.36. The molecule has 3 fully saturated rings. The molecule has 1 N–H and O–H groups in total. The molecule has 2 saturated heterocycles. The minimum atomic E-state index is -4.63. The van der Waals surface area contributed by atoms with E-state index in [1.54, 1.807) is 12.1 Å². The van der Waals surface area contributed by atoms with Gasteiger partial charge in [0, 0.05) is 45.1 Å². The lowest BCUT2D eigenvalue weighted by Crippen LogP contribution is -2.63. The zero-order chi connectivity index (χ0) is 30.3. The Morgan fingerprint density at radius 2 is 1.52 bits per heavy atom. The first kappa shape index (κ1) is 29.9. The van der Waals surface area contributed by atoms with Crippen molar-refractivity contribution in [2.45, 2.75) is 49.7 Å². The van der Waals surface area contributed by atoms with E-state index in [2.05, 4.69) is 5.32 Å². The zero-order valence-electron chi connectivity index (χ0n) is 23.1. The minimum absolute atomic E-state index is 0.0124. The molecule has 0 aromatic heterocycles. The molecule has 0 radical (unpaired) electrons. The fourth-order valence-electron chi connectivity index (χ4n) is 6.55. The molecule has 2 amide bonds. The van der Waals surface area contributed by atoms with Gasteiger partial charge in [0.1, 0.15) is 28.3 Å². The predicted octanol–water partition coefficient (Wildman–Crippen LogP) is 5.06. The van der Waals surface area contributed by atoms with Crippen LogP contribution in [0.15, 0.2) is 48.5 Å². The van der Waals surface area contributed by atoms with Crippen molar-refractivity contribution in [1.82, 2.24) is 15.1 Å². The summed E-state index contributed by atoms with van der Waals surface area (Å²) in [6.45, 7) is 0.319. The maximum absolute atomic E-state index is 14.4. The lowest BCUT2D eigenvalue weighted by Gasteiger charge is -2.47. The van der Waals surface area contributed by atoms with Crippen molar-refractivity contribution >= 4 is 17.8 Å². The first-order valence-electron chi connectivity index (χ1n) is 14.0. The van der Waals surface area contributed by atoms with Gasteiger partial charge in [0.15, 0.2) is 5.78 Å². The number of ketones is 1. The number of carbonyl (C=O) groups is 3. The van der Waals surface area contributed by atoms with E-state index in [1.807, 2.05) is 0 Å². The molecule has 7 nitrogen and oxygen atoms in total. The molecular weight excluding hydrogens is 561 g/mol. The van der Waals surface area contributed by atoms with Crippen molar-refractivity contribution in [3.63, 3.8) is 0 Å². The van der Waals surface area contributed by atoms with E-state index in [4.69, 9.17) is 4.74 Å². The monoisotopic (exact) mass is 593 g/mol. The number of nitrogens with one attached hydrogen (secondary N) is 1. The molecular formula is C30H32F5N3O4. The van der Waals surface area contributed by atoms with E-state index < -0.39 is 52.6 Å². The Morgan fingerprint density at radius 3 is 2.05 bits per heavy atom. The van der Waals surface area contributed by atoms with E-state index in [0.29, 0.717) is 12.0 Å². The summed E-state index contributed by atoms with van der Waals surface area (Å²) >= 11 is 0. The summed E-state index contributed by atoms with van der Waals surface area (Å²) in [5, 5.41) is 3.18. The van der Waals surface area contributed by atoms with Gasteiger partial charge in [0.05, 0.1) is 0 Å². The Balaban J connectivity index is 1.40. The van der Waals surface area contributed by atoms with Crippen molar-refractivity contribution < 1.29 is 41.1 Å². The van der Waals surface area contributed by atoms with Gasteiger partial charge in [-0.3, -0.25) is 14.5 Å². The number of rotatable bonds is 6. The Labute approximate surface area is 240 Å². The molecule has 42 heavy (non-hydrogen) atoms. The number of hydrogen-bond donors (Lipinski definition) is 1. The maximum atomic E-state index is 14.4. The van der Waals surface area contributed by atoms with Crippen LogP contribution in [0.1, 0.15) is 43.6 Å². The van der Waals surface area contributed by atoms with Crippen LogP contribution in [0.5, 0.6) is 5.75 Å². The van der Waals surface area contributed by atoms with Crippen LogP contribution in [0.3, 0.4) is 0 Å². The van der Waals surface area contributed by atoms with Gasteiger partial charge in [0.25, 0.3) is 0 Å². The summed E-state index contributed by atoms with van der Waals surface area (Å²) in [5.74, 6) is -3.42. The molecule has 12 heteroatoms. The van der Waals surface area contributed by atoms with E-state index in [1.165, 1.54) is 41.1 Å². The largest absolute Gasteiger partial charge is 0.415 e. The van der Waals surface area contributed by atoms with Crippen LogP contribution < -0.4 is 10.1 Å². The smallest absolute Gasteiger partial charge is 0.410 e. The van der Waals surface area contributed by atoms with Gasteiger partial charge >= 0.3 is 12.3 Å².